The predicted octanol–water partition coefficient (Wildman–Crippen LogP) is 2.44. The van der Waals surface area contributed by atoms with Crippen LogP contribution in [0, 0.1) is 0 Å². The van der Waals surface area contributed by atoms with Crippen LogP contribution in [-0.2, 0) is 18.4 Å². The standard InChI is InChI=1S/C18H23N3O3/c1-14(22)16-6-8-17(9-7-16)24-10-4-5-18(23)20(2)12-15-11-19-21(3)13-15/h6-9,11,13H,4-5,10,12H2,1-3H3. The number of ketones is 1. The van der Waals surface area contributed by atoms with Gasteiger partial charge >= 0.3 is 0 Å². The van der Waals surface area contributed by atoms with E-state index in [1.54, 1.807) is 47.1 Å². The number of Topliss-reactive ketones (excluding diaryl/α,β-unsaturated/α-hetero) is 1. The van der Waals surface area contributed by atoms with Crippen molar-refractivity contribution in [1.82, 2.24) is 14.7 Å². The number of hydrogen-bond acceptors (Lipinski definition) is 4. The number of aromatic nitrogens is 2. The summed E-state index contributed by atoms with van der Waals surface area (Å²) in [5.74, 6) is 0.814. The Hall–Kier alpha value is -2.63. The molecule has 0 radical (unpaired) electrons. The lowest BCUT2D eigenvalue weighted by molar-refractivity contribution is -0.130. The first-order chi connectivity index (χ1) is 11.5. The Morgan fingerprint density at radius 2 is 1.96 bits per heavy atom. The fraction of sp³-hybridized carbons (Fsp3) is 0.389. The van der Waals surface area contributed by atoms with Crippen LogP contribution in [0.2, 0.25) is 0 Å². The topological polar surface area (TPSA) is 64.4 Å². The molecule has 2 rings (SSSR count). The second kappa shape index (κ2) is 8.29. The lowest BCUT2D eigenvalue weighted by Gasteiger charge is -2.16. The van der Waals surface area contributed by atoms with Crippen molar-refractivity contribution in [2.45, 2.75) is 26.3 Å². The number of nitrogens with zero attached hydrogens (tertiary/aromatic N) is 3. The van der Waals surface area contributed by atoms with Crippen molar-refractivity contribution < 1.29 is 14.3 Å². The van der Waals surface area contributed by atoms with E-state index < -0.39 is 0 Å². The third-order valence-electron chi connectivity index (χ3n) is 3.67. The summed E-state index contributed by atoms with van der Waals surface area (Å²) < 4.78 is 7.32. The zero-order chi connectivity index (χ0) is 17.5. The molecule has 24 heavy (non-hydrogen) atoms. The van der Waals surface area contributed by atoms with Crippen molar-refractivity contribution in [3.05, 3.63) is 47.8 Å². The zero-order valence-corrected chi connectivity index (χ0v) is 14.4. The summed E-state index contributed by atoms with van der Waals surface area (Å²) in [7, 11) is 3.64. The largest absolute Gasteiger partial charge is 0.494 e. The number of benzene rings is 1. The second-order valence-corrected chi connectivity index (χ2v) is 5.80. The normalized spacial score (nSPS) is 10.5. The number of ether oxygens (including phenoxy) is 1. The first-order valence-electron chi connectivity index (χ1n) is 7.91. The van der Waals surface area contributed by atoms with Crippen molar-refractivity contribution in [1.29, 1.82) is 0 Å². The molecule has 128 valence electrons. The third kappa shape index (κ3) is 5.22. The van der Waals surface area contributed by atoms with Gasteiger partial charge in [0.1, 0.15) is 5.75 Å². The van der Waals surface area contributed by atoms with Gasteiger partial charge in [-0.2, -0.15) is 5.10 Å². The molecular weight excluding hydrogens is 306 g/mol. The summed E-state index contributed by atoms with van der Waals surface area (Å²) in [6.45, 7) is 2.55. The van der Waals surface area contributed by atoms with Crippen LogP contribution in [0.25, 0.3) is 0 Å². The predicted molar refractivity (Wildman–Crippen MR) is 90.9 cm³/mol. The van der Waals surface area contributed by atoms with Crippen LogP contribution in [0.4, 0.5) is 0 Å². The quantitative estimate of drug-likeness (QED) is 0.551. The van der Waals surface area contributed by atoms with Gasteiger partial charge in [0, 0.05) is 44.4 Å². The number of aryl methyl sites for hydroxylation is 1. The second-order valence-electron chi connectivity index (χ2n) is 5.80. The van der Waals surface area contributed by atoms with Gasteiger partial charge < -0.3 is 9.64 Å². The van der Waals surface area contributed by atoms with Crippen LogP contribution in [0.5, 0.6) is 5.75 Å². The molecule has 0 spiro atoms. The maximum atomic E-state index is 12.1. The van der Waals surface area contributed by atoms with E-state index in [0.717, 1.165) is 5.56 Å². The smallest absolute Gasteiger partial charge is 0.222 e. The van der Waals surface area contributed by atoms with Crippen LogP contribution in [0.15, 0.2) is 36.7 Å². The Labute approximate surface area is 142 Å². The van der Waals surface area contributed by atoms with Gasteiger partial charge in [0.25, 0.3) is 0 Å². The molecule has 0 saturated carbocycles. The summed E-state index contributed by atoms with van der Waals surface area (Å²) >= 11 is 0. The highest BCUT2D eigenvalue weighted by Gasteiger charge is 2.10. The molecule has 0 bridgehead atoms. The van der Waals surface area contributed by atoms with Gasteiger partial charge in [0.05, 0.1) is 12.8 Å². The van der Waals surface area contributed by atoms with Gasteiger partial charge in [-0.1, -0.05) is 0 Å². The lowest BCUT2D eigenvalue weighted by atomic mass is 10.1. The molecule has 0 atom stereocenters. The van der Waals surface area contributed by atoms with Crippen molar-refractivity contribution in [3.8, 4) is 5.75 Å². The monoisotopic (exact) mass is 329 g/mol. The molecule has 0 aliphatic carbocycles. The SMILES string of the molecule is CC(=O)c1ccc(OCCCC(=O)N(C)Cc2cnn(C)c2)cc1. The van der Waals surface area contributed by atoms with Gasteiger partial charge in [-0.25, -0.2) is 0 Å². The highest BCUT2D eigenvalue weighted by atomic mass is 16.5. The summed E-state index contributed by atoms with van der Waals surface area (Å²) in [5.41, 5.74) is 1.67. The molecule has 6 heteroatoms. The van der Waals surface area contributed by atoms with Crippen molar-refractivity contribution in [3.63, 3.8) is 0 Å². The van der Waals surface area contributed by atoms with Crippen LogP contribution < -0.4 is 4.74 Å². The van der Waals surface area contributed by atoms with E-state index in [0.29, 0.717) is 37.3 Å². The Morgan fingerprint density at radius 3 is 2.54 bits per heavy atom. The van der Waals surface area contributed by atoms with Gasteiger partial charge in [-0.05, 0) is 37.6 Å². The summed E-state index contributed by atoms with van der Waals surface area (Å²) in [6.07, 6.45) is 4.74. The van der Waals surface area contributed by atoms with Crippen LogP contribution in [0.3, 0.4) is 0 Å². The highest BCUT2D eigenvalue weighted by Crippen LogP contribution is 2.13. The van der Waals surface area contributed by atoms with Crippen LogP contribution in [0.1, 0.15) is 35.7 Å². The lowest BCUT2D eigenvalue weighted by Crippen LogP contribution is -2.26. The van der Waals surface area contributed by atoms with Gasteiger partial charge in [-0.15, -0.1) is 0 Å². The maximum absolute atomic E-state index is 12.1. The fourth-order valence-electron chi connectivity index (χ4n) is 2.31. The molecule has 1 heterocycles. The molecule has 0 saturated heterocycles. The molecule has 0 aliphatic rings. The molecule has 2 aromatic rings. The number of carbonyl (C=O) groups excluding carboxylic acids is 2. The van der Waals surface area contributed by atoms with Gasteiger partial charge in [0.15, 0.2) is 5.78 Å². The molecular formula is C18H23N3O3. The molecule has 0 N–H and O–H groups in total. The Morgan fingerprint density at radius 1 is 1.25 bits per heavy atom. The maximum Gasteiger partial charge on any atom is 0.222 e. The van der Waals surface area contributed by atoms with Crippen molar-refractivity contribution in [2.24, 2.45) is 7.05 Å². The van der Waals surface area contributed by atoms with E-state index in [2.05, 4.69) is 5.10 Å². The summed E-state index contributed by atoms with van der Waals surface area (Å²) in [6, 6.07) is 7.02. The van der Waals surface area contributed by atoms with E-state index in [4.69, 9.17) is 4.74 Å². The number of carbonyl (C=O) groups is 2. The molecule has 0 aliphatic heterocycles. The van der Waals surface area contributed by atoms with Gasteiger partial charge in [0.2, 0.25) is 5.91 Å². The first kappa shape index (κ1) is 17.7. The molecule has 0 unspecified atom stereocenters. The number of hydrogen-bond donors (Lipinski definition) is 0. The molecule has 1 aromatic carbocycles. The fourth-order valence-corrected chi connectivity index (χ4v) is 2.31. The Balaban J connectivity index is 1.69. The van der Waals surface area contributed by atoms with Gasteiger partial charge in [-0.3, -0.25) is 14.3 Å². The van der Waals surface area contributed by atoms with E-state index in [1.165, 1.54) is 6.92 Å². The first-order valence-corrected chi connectivity index (χ1v) is 7.91. The molecule has 6 nitrogen and oxygen atoms in total. The van der Waals surface area contributed by atoms with E-state index >= 15 is 0 Å². The summed E-state index contributed by atoms with van der Waals surface area (Å²) in [4.78, 5) is 25.0. The minimum Gasteiger partial charge on any atom is -0.494 e. The van der Waals surface area contributed by atoms with Crippen LogP contribution >= 0.6 is 0 Å². The average Bonchev–Trinajstić information content (AvgIpc) is 2.96. The van der Waals surface area contributed by atoms with Crippen molar-refractivity contribution >= 4 is 11.7 Å². The average molecular weight is 329 g/mol. The highest BCUT2D eigenvalue weighted by molar-refractivity contribution is 5.94. The minimum atomic E-state index is 0.0313. The van der Waals surface area contributed by atoms with Crippen LogP contribution in [-0.4, -0.2) is 40.0 Å². The molecule has 0 fully saturated rings. The zero-order valence-electron chi connectivity index (χ0n) is 14.4. The minimum absolute atomic E-state index is 0.0313. The van der Waals surface area contributed by atoms with Crippen molar-refractivity contribution in [2.75, 3.05) is 13.7 Å². The number of rotatable bonds is 8. The molecule has 1 aromatic heterocycles. The van der Waals surface area contributed by atoms with E-state index in [-0.39, 0.29) is 11.7 Å². The molecule has 1 amide bonds. The Kier molecular flexibility index (Phi) is 6.12. The third-order valence-corrected chi connectivity index (χ3v) is 3.67. The summed E-state index contributed by atoms with van der Waals surface area (Å²) in [5, 5.41) is 4.09. The number of amides is 1. The van der Waals surface area contributed by atoms with E-state index in [1.807, 2.05) is 13.2 Å². The Bertz CT molecular complexity index is 692. The van der Waals surface area contributed by atoms with E-state index in [9.17, 15) is 9.59 Å².